The zero-order valence-corrected chi connectivity index (χ0v) is 18.4. The molecule has 1 fully saturated rings. The van der Waals surface area contributed by atoms with E-state index >= 15 is 0 Å². The third-order valence-corrected chi connectivity index (χ3v) is 6.37. The minimum atomic E-state index is -0.418. The second kappa shape index (κ2) is 7.31. The molecule has 2 aliphatic heterocycles. The maximum atomic E-state index is 14.6. The number of hydrogen-bond donors (Lipinski definition) is 0. The maximum Gasteiger partial charge on any atom is 0.278 e. The molecule has 30 heavy (non-hydrogen) atoms. The van der Waals surface area contributed by atoms with Crippen LogP contribution in [-0.4, -0.2) is 84.7 Å². The summed E-state index contributed by atoms with van der Waals surface area (Å²) in [6.45, 7) is 5.82. The Morgan fingerprint density at radius 3 is 2.57 bits per heavy atom. The molecule has 2 unspecified atom stereocenters. The minimum Gasteiger partial charge on any atom is -0.354 e. The van der Waals surface area contributed by atoms with Crippen LogP contribution in [0.2, 0.25) is 0 Å². The topological polar surface area (TPSA) is 64.9 Å². The highest BCUT2D eigenvalue weighted by molar-refractivity contribution is 6.11. The number of aryl methyl sites for hydroxylation is 2. The number of nitrogens with zero attached hydrogens (tertiary/aromatic N) is 6. The Morgan fingerprint density at radius 2 is 1.90 bits per heavy atom. The van der Waals surface area contributed by atoms with E-state index in [-0.39, 0.29) is 23.2 Å². The Labute approximate surface area is 175 Å². The molecule has 1 saturated heterocycles. The van der Waals surface area contributed by atoms with Crippen LogP contribution in [0, 0.1) is 12.7 Å². The number of aromatic nitrogens is 2. The van der Waals surface area contributed by atoms with Crippen LogP contribution < -0.4 is 15.4 Å². The van der Waals surface area contributed by atoms with Gasteiger partial charge in [-0.3, -0.25) is 19.1 Å². The van der Waals surface area contributed by atoms with Crippen LogP contribution in [0.1, 0.15) is 12.6 Å². The number of halogens is 1. The zero-order valence-electron chi connectivity index (χ0n) is 18.4. The van der Waals surface area contributed by atoms with Gasteiger partial charge in [0.15, 0.2) is 0 Å². The van der Waals surface area contributed by atoms with Crippen LogP contribution >= 0.6 is 0 Å². The van der Waals surface area contributed by atoms with Gasteiger partial charge in [0.2, 0.25) is 0 Å². The summed E-state index contributed by atoms with van der Waals surface area (Å²) in [5, 5.41) is 0.569. The summed E-state index contributed by atoms with van der Waals surface area (Å²) in [6.07, 6.45) is 0. The highest BCUT2D eigenvalue weighted by Gasteiger charge is 2.45. The molecule has 0 bridgehead atoms. The third kappa shape index (κ3) is 3.07. The van der Waals surface area contributed by atoms with Crippen molar-refractivity contribution in [1.82, 2.24) is 19.4 Å². The molecule has 0 saturated carbocycles. The van der Waals surface area contributed by atoms with Crippen molar-refractivity contribution in [1.29, 1.82) is 0 Å². The Hall–Kier alpha value is -2.52. The van der Waals surface area contributed by atoms with Gasteiger partial charge in [0.1, 0.15) is 23.2 Å². The first-order valence-corrected chi connectivity index (χ1v) is 10.2. The number of fused-ring (bicyclic) bond motifs is 5. The van der Waals surface area contributed by atoms with Crippen molar-refractivity contribution < 1.29 is 9.18 Å². The van der Waals surface area contributed by atoms with Crippen molar-refractivity contribution in [3.63, 3.8) is 0 Å². The number of carbonyl (C=O) groups is 1. The monoisotopic (exact) mass is 416 g/mol. The summed E-state index contributed by atoms with van der Waals surface area (Å²) in [6, 6.07) is 1.23. The van der Waals surface area contributed by atoms with E-state index in [0.29, 0.717) is 48.6 Å². The highest BCUT2D eigenvalue weighted by Crippen LogP contribution is 2.41. The van der Waals surface area contributed by atoms with E-state index in [4.69, 9.17) is 0 Å². The molecule has 4 rings (SSSR count). The fourth-order valence-electron chi connectivity index (χ4n) is 4.39. The van der Waals surface area contributed by atoms with Gasteiger partial charge in [0.25, 0.3) is 11.5 Å². The maximum absolute atomic E-state index is 14.6. The standard InChI is InChI=1S/C21H29FN6O2/c1-12-10-28-16(11-25(12)5)20(29)27(8-7-24(3)4)18-17(28)14-9-15(22)13(2)23-19(14)26(6)21(18)30/h9,12,16H,7-8,10-11H2,1-6H3. The molecular formula is C21H29FN6O2. The Kier molecular flexibility index (Phi) is 5.06. The first-order valence-electron chi connectivity index (χ1n) is 10.2. The van der Waals surface area contributed by atoms with Crippen molar-refractivity contribution >= 4 is 28.3 Å². The van der Waals surface area contributed by atoms with Crippen LogP contribution in [0.25, 0.3) is 11.0 Å². The van der Waals surface area contributed by atoms with Crippen LogP contribution in [0.15, 0.2) is 10.9 Å². The van der Waals surface area contributed by atoms with E-state index in [0.717, 1.165) is 0 Å². The van der Waals surface area contributed by atoms with Gasteiger partial charge in [0.05, 0.1) is 11.4 Å². The predicted molar refractivity (Wildman–Crippen MR) is 116 cm³/mol. The number of pyridine rings is 2. The quantitative estimate of drug-likeness (QED) is 0.738. The van der Waals surface area contributed by atoms with Gasteiger partial charge in [-0.25, -0.2) is 9.37 Å². The lowest BCUT2D eigenvalue weighted by Gasteiger charge is -2.49. The summed E-state index contributed by atoms with van der Waals surface area (Å²) >= 11 is 0. The summed E-state index contributed by atoms with van der Waals surface area (Å²) in [5.41, 5.74) is 1.35. The normalized spacial score (nSPS) is 22.1. The SMILES string of the molecule is Cc1nc2c(cc1F)c1c(c(=O)n2C)N(CCN(C)C)C(=O)C2CN(C)C(C)CN12. The lowest BCUT2D eigenvalue weighted by molar-refractivity contribution is -0.121. The Bertz CT molecular complexity index is 1080. The average Bonchev–Trinajstić information content (AvgIpc) is 2.68. The zero-order chi connectivity index (χ0) is 21.9. The number of carbonyl (C=O) groups excluding carboxylic acids is 1. The lowest BCUT2D eigenvalue weighted by Crippen LogP contribution is -2.65. The van der Waals surface area contributed by atoms with Gasteiger partial charge in [-0.15, -0.1) is 0 Å². The van der Waals surface area contributed by atoms with Crippen molar-refractivity contribution in [2.75, 3.05) is 57.1 Å². The summed E-state index contributed by atoms with van der Waals surface area (Å²) in [5.74, 6) is -0.501. The molecule has 9 heteroatoms. The van der Waals surface area contributed by atoms with Crippen LogP contribution in [0.4, 0.5) is 15.8 Å². The molecule has 2 aliphatic rings. The Balaban J connectivity index is 2.03. The fourth-order valence-corrected chi connectivity index (χ4v) is 4.39. The number of amides is 1. The minimum absolute atomic E-state index is 0.0832. The van der Waals surface area contributed by atoms with Gasteiger partial charge in [0, 0.05) is 44.7 Å². The Morgan fingerprint density at radius 1 is 1.20 bits per heavy atom. The number of anilines is 2. The fraction of sp³-hybridized carbons (Fsp3) is 0.571. The molecule has 0 aromatic carbocycles. The van der Waals surface area contributed by atoms with E-state index in [1.807, 2.05) is 30.9 Å². The average molecular weight is 417 g/mol. The summed E-state index contributed by atoms with van der Waals surface area (Å²) in [7, 11) is 7.49. The van der Waals surface area contributed by atoms with Crippen molar-refractivity contribution in [3.8, 4) is 0 Å². The van der Waals surface area contributed by atoms with Crippen molar-refractivity contribution in [2.24, 2.45) is 7.05 Å². The van der Waals surface area contributed by atoms with Gasteiger partial charge in [-0.05, 0) is 41.1 Å². The summed E-state index contributed by atoms with van der Waals surface area (Å²) < 4.78 is 16.0. The number of likely N-dealkylation sites (N-methyl/N-ethyl adjacent to an activating group) is 2. The van der Waals surface area contributed by atoms with Gasteiger partial charge < -0.3 is 14.7 Å². The predicted octanol–water partition coefficient (Wildman–Crippen LogP) is 0.798. The van der Waals surface area contributed by atoms with Crippen molar-refractivity contribution in [2.45, 2.75) is 25.9 Å². The lowest BCUT2D eigenvalue weighted by atomic mass is 9.99. The van der Waals surface area contributed by atoms with Crippen molar-refractivity contribution in [3.05, 3.63) is 27.9 Å². The molecule has 0 N–H and O–H groups in total. The second-order valence-corrected chi connectivity index (χ2v) is 8.74. The van der Waals surface area contributed by atoms with Crippen LogP contribution in [0.3, 0.4) is 0 Å². The first-order chi connectivity index (χ1) is 14.1. The molecule has 2 atom stereocenters. The van der Waals surface area contributed by atoms with E-state index in [9.17, 15) is 14.0 Å². The van der Waals surface area contributed by atoms with Gasteiger partial charge in [-0.2, -0.15) is 0 Å². The third-order valence-electron chi connectivity index (χ3n) is 6.37. The van der Waals surface area contributed by atoms with E-state index < -0.39 is 11.9 Å². The molecule has 0 spiro atoms. The summed E-state index contributed by atoms with van der Waals surface area (Å²) in [4.78, 5) is 39.0. The molecule has 0 aliphatic carbocycles. The number of hydrogen-bond acceptors (Lipinski definition) is 6. The molecule has 8 nitrogen and oxygen atoms in total. The molecule has 2 aromatic heterocycles. The molecule has 162 valence electrons. The highest BCUT2D eigenvalue weighted by atomic mass is 19.1. The first kappa shape index (κ1) is 20.7. The molecule has 1 amide bonds. The molecule has 4 heterocycles. The van der Waals surface area contributed by atoms with Crippen LogP contribution in [-0.2, 0) is 11.8 Å². The molecular weight excluding hydrogens is 387 g/mol. The number of rotatable bonds is 3. The van der Waals surface area contributed by atoms with Gasteiger partial charge >= 0.3 is 0 Å². The number of piperazine rings is 1. The van der Waals surface area contributed by atoms with Crippen LogP contribution in [0.5, 0.6) is 0 Å². The van der Waals surface area contributed by atoms with E-state index in [2.05, 4.69) is 16.8 Å². The van der Waals surface area contributed by atoms with E-state index in [1.165, 1.54) is 10.6 Å². The van der Waals surface area contributed by atoms with E-state index in [1.54, 1.807) is 18.9 Å². The largest absolute Gasteiger partial charge is 0.354 e. The molecule has 0 radical (unpaired) electrons. The second-order valence-electron chi connectivity index (χ2n) is 8.74. The smallest absolute Gasteiger partial charge is 0.278 e. The molecule has 2 aromatic rings. The van der Waals surface area contributed by atoms with Gasteiger partial charge in [-0.1, -0.05) is 0 Å².